The Labute approximate surface area is 208 Å². The molecule has 3 heterocycles. The van der Waals surface area contributed by atoms with E-state index in [-0.39, 0.29) is 5.91 Å². The van der Waals surface area contributed by atoms with Gasteiger partial charge in [-0.25, -0.2) is 9.97 Å². The van der Waals surface area contributed by atoms with E-state index < -0.39 is 0 Å². The predicted octanol–water partition coefficient (Wildman–Crippen LogP) is 6.34. The molecule has 0 spiro atoms. The van der Waals surface area contributed by atoms with Gasteiger partial charge in [-0.3, -0.25) is 4.79 Å². The van der Waals surface area contributed by atoms with Crippen LogP contribution in [-0.4, -0.2) is 25.3 Å². The van der Waals surface area contributed by atoms with E-state index in [1.165, 1.54) is 0 Å². The summed E-state index contributed by atoms with van der Waals surface area (Å²) in [5.74, 6) is -0.122. The van der Waals surface area contributed by atoms with Crippen LogP contribution in [0.15, 0.2) is 91.5 Å². The third-order valence-corrected chi connectivity index (χ3v) is 6.50. The van der Waals surface area contributed by atoms with Gasteiger partial charge in [0, 0.05) is 29.2 Å². The lowest BCUT2D eigenvalue weighted by Gasteiger charge is -2.12. The average Bonchev–Trinajstić information content (AvgIpc) is 3.52. The van der Waals surface area contributed by atoms with Crippen molar-refractivity contribution in [1.29, 1.82) is 0 Å². The van der Waals surface area contributed by atoms with Crippen LogP contribution < -0.4 is 5.32 Å². The number of nitrogens with one attached hydrogen (secondary N) is 2. The van der Waals surface area contributed by atoms with Crippen LogP contribution >= 0.6 is 0 Å². The number of imidazole rings is 2. The molecule has 0 aliphatic carbocycles. The van der Waals surface area contributed by atoms with Gasteiger partial charge in [0.1, 0.15) is 5.65 Å². The van der Waals surface area contributed by atoms with Crippen molar-refractivity contribution < 1.29 is 4.79 Å². The van der Waals surface area contributed by atoms with Crippen molar-refractivity contribution in [2.24, 2.45) is 0 Å². The van der Waals surface area contributed by atoms with Gasteiger partial charge in [-0.1, -0.05) is 42.0 Å². The number of rotatable bonds is 5. The third kappa shape index (κ3) is 4.14. The maximum atomic E-state index is 13.3. The molecule has 2 N–H and O–H groups in total. The SMILES string of the molecule is Cc1ccc(C(=O)Nc2ccc(-c3cn4cccc(C)c4n3)cc2)c(Cc2ccc3nc[nH]c3c2)c1. The van der Waals surface area contributed by atoms with Crippen molar-refractivity contribution in [1.82, 2.24) is 19.4 Å². The summed E-state index contributed by atoms with van der Waals surface area (Å²) in [4.78, 5) is 25.5. The van der Waals surface area contributed by atoms with Gasteiger partial charge in [0.2, 0.25) is 0 Å². The van der Waals surface area contributed by atoms with E-state index in [4.69, 9.17) is 4.98 Å². The summed E-state index contributed by atoms with van der Waals surface area (Å²) in [6.45, 7) is 4.10. The molecule has 176 valence electrons. The maximum Gasteiger partial charge on any atom is 0.255 e. The number of pyridine rings is 1. The Kier molecular flexibility index (Phi) is 5.34. The van der Waals surface area contributed by atoms with Gasteiger partial charge < -0.3 is 14.7 Å². The van der Waals surface area contributed by atoms with Crippen LogP contribution in [0.25, 0.3) is 27.9 Å². The lowest BCUT2D eigenvalue weighted by Crippen LogP contribution is -2.14. The number of aromatic nitrogens is 4. The number of benzene rings is 3. The zero-order valence-electron chi connectivity index (χ0n) is 20.1. The molecule has 3 aromatic heterocycles. The largest absolute Gasteiger partial charge is 0.345 e. The normalized spacial score (nSPS) is 11.3. The number of aryl methyl sites for hydroxylation is 2. The van der Waals surface area contributed by atoms with Crippen LogP contribution in [0.4, 0.5) is 5.69 Å². The summed E-state index contributed by atoms with van der Waals surface area (Å²) in [5, 5.41) is 3.06. The summed E-state index contributed by atoms with van der Waals surface area (Å²) in [7, 11) is 0. The topological polar surface area (TPSA) is 75.1 Å². The summed E-state index contributed by atoms with van der Waals surface area (Å²) in [5.41, 5.74) is 10.6. The number of aromatic amines is 1. The van der Waals surface area contributed by atoms with E-state index in [0.717, 1.165) is 55.9 Å². The molecule has 0 radical (unpaired) electrons. The maximum absolute atomic E-state index is 13.3. The molecule has 6 rings (SSSR count). The van der Waals surface area contributed by atoms with Gasteiger partial charge in [-0.05, 0) is 73.4 Å². The Balaban J connectivity index is 1.23. The number of anilines is 1. The molecular weight excluding hydrogens is 446 g/mol. The third-order valence-electron chi connectivity index (χ3n) is 6.50. The Morgan fingerprint density at radius 3 is 2.69 bits per heavy atom. The molecule has 0 fully saturated rings. The van der Waals surface area contributed by atoms with E-state index in [1.54, 1.807) is 6.33 Å². The zero-order chi connectivity index (χ0) is 24.6. The van der Waals surface area contributed by atoms with E-state index in [9.17, 15) is 4.79 Å². The molecule has 0 saturated carbocycles. The summed E-state index contributed by atoms with van der Waals surface area (Å²) >= 11 is 0. The zero-order valence-corrected chi connectivity index (χ0v) is 20.1. The number of hydrogen-bond acceptors (Lipinski definition) is 3. The Bertz CT molecular complexity index is 1730. The van der Waals surface area contributed by atoms with E-state index in [0.29, 0.717) is 12.0 Å². The molecule has 0 saturated heterocycles. The van der Waals surface area contributed by atoms with E-state index in [1.807, 2.05) is 72.2 Å². The standard InChI is InChI=1S/C30H25N5O/c1-19-5-11-25(23(14-19)15-21-6-12-26-27(16-21)32-18-31-26)30(36)33-24-9-7-22(8-10-24)28-17-35-13-3-4-20(2)29(35)34-28/h3-14,16-18H,15H2,1-2H3,(H,31,32)(H,33,36). The number of carbonyl (C=O) groups is 1. The highest BCUT2D eigenvalue weighted by Crippen LogP contribution is 2.24. The summed E-state index contributed by atoms with van der Waals surface area (Å²) in [6.07, 6.45) is 6.38. The summed E-state index contributed by atoms with van der Waals surface area (Å²) in [6, 6.07) is 24.0. The smallest absolute Gasteiger partial charge is 0.255 e. The second-order valence-corrected chi connectivity index (χ2v) is 9.17. The van der Waals surface area contributed by atoms with Crippen molar-refractivity contribution in [3.63, 3.8) is 0 Å². The van der Waals surface area contributed by atoms with Gasteiger partial charge in [0.15, 0.2) is 0 Å². The Morgan fingerprint density at radius 2 is 1.86 bits per heavy atom. The number of amides is 1. The van der Waals surface area contributed by atoms with E-state index in [2.05, 4.69) is 46.5 Å². The van der Waals surface area contributed by atoms with Crippen LogP contribution in [0.3, 0.4) is 0 Å². The van der Waals surface area contributed by atoms with Crippen molar-refractivity contribution >= 4 is 28.3 Å². The van der Waals surface area contributed by atoms with E-state index >= 15 is 0 Å². The fourth-order valence-electron chi connectivity index (χ4n) is 4.62. The quantitative estimate of drug-likeness (QED) is 0.308. The fraction of sp³-hybridized carbons (Fsp3) is 0.100. The highest BCUT2D eigenvalue weighted by atomic mass is 16.1. The fourth-order valence-corrected chi connectivity index (χ4v) is 4.62. The van der Waals surface area contributed by atoms with Crippen LogP contribution in [0.2, 0.25) is 0 Å². The van der Waals surface area contributed by atoms with Gasteiger partial charge in [-0.15, -0.1) is 0 Å². The number of H-pyrrole nitrogens is 1. The monoisotopic (exact) mass is 471 g/mol. The van der Waals surface area contributed by atoms with Gasteiger partial charge in [0.05, 0.1) is 23.1 Å². The number of carbonyl (C=O) groups excluding carboxylic acids is 1. The molecule has 36 heavy (non-hydrogen) atoms. The molecule has 6 aromatic rings. The highest BCUT2D eigenvalue weighted by Gasteiger charge is 2.14. The summed E-state index contributed by atoms with van der Waals surface area (Å²) < 4.78 is 2.03. The molecule has 6 nitrogen and oxygen atoms in total. The van der Waals surface area contributed by atoms with Crippen LogP contribution in [0.5, 0.6) is 0 Å². The highest BCUT2D eigenvalue weighted by molar-refractivity contribution is 6.05. The van der Waals surface area contributed by atoms with Gasteiger partial charge in [0.25, 0.3) is 5.91 Å². The van der Waals surface area contributed by atoms with Crippen molar-refractivity contribution in [3.8, 4) is 11.3 Å². The lowest BCUT2D eigenvalue weighted by atomic mass is 9.97. The average molecular weight is 472 g/mol. The molecular formula is C30H25N5O. The van der Waals surface area contributed by atoms with Crippen molar-refractivity contribution in [2.45, 2.75) is 20.3 Å². The van der Waals surface area contributed by atoms with Crippen LogP contribution in [-0.2, 0) is 6.42 Å². The first-order valence-corrected chi connectivity index (χ1v) is 11.9. The number of hydrogen-bond donors (Lipinski definition) is 2. The first kappa shape index (κ1) is 21.8. The molecule has 0 bridgehead atoms. The molecule has 3 aromatic carbocycles. The molecule has 1 amide bonds. The minimum Gasteiger partial charge on any atom is -0.345 e. The van der Waals surface area contributed by atoms with Gasteiger partial charge >= 0.3 is 0 Å². The van der Waals surface area contributed by atoms with Crippen LogP contribution in [0.1, 0.15) is 32.6 Å². The Morgan fingerprint density at radius 1 is 1.00 bits per heavy atom. The minimum absolute atomic E-state index is 0.122. The first-order chi connectivity index (χ1) is 17.5. The van der Waals surface area contributed by atoms with Crippen molar-refractivity contribution in [2.75, 3.05) is 5.32 Å². The van der Waals surface area contributed by atoms with Crippen molar-refractivity contribution in [3.05, 3.63) is 119 Å². The first-order valence-electron chi connectivity index (χ1n) is 11.9. The molecule has 0 unspecified atom stereocenters. The second kappa shape index (κ2) is 8.82. The number of fused-ring (bicyclic) bond motifs is 2. The van der Waals surface area contributed by atoms with Gasteiger partial charge in [-0.2, -0.15) is 0 Å². The Hall–Kier alpha value is -4.71. The molecule has 0 atom stereocenters. The number of nitrogens with zero attached hydrogens (tertiary/aromatic N) is 3. The predicted molar refractivity (Wildman–Crippen MR) is 143 cm³/mol. The molecule has 6 heteroatoms. The molecule has 0 aliphatic heterocycles. The second-order valence-electron chi connectivity index (χ2n) is 9.17. The molecule has 0 aliphatic rings. The van der Waals surface area contributed by atoms with Crippen LogP contribution in [0, 0.1) is 13.8 Å². The minimum atomic E-state index is -0.122. The lowest BCUT2D eigenvalue weighted by molar-refractivity contribution is 0.102.